The van der Waals surface area contributed by atoms with Crippen molar-refractivity contribution in [1.82, 2.24) is 4.57 Å². The zero-order chi connectivity index (χ0) is 12.3. The summed E-state index contributed by atoms with van der Waals surface area (Å²) < 4.78 is 6.54. The molecule has 0 aliphatic rings. The number of hydrogen-bond donors (Lipinski definition) is 1. The number of pyridine rings is 1. The van der Waals surface area contributed by atoms with Crippen LogP contribution in [0.2, 0.25) is 0 Å². The molecule has 4 heteroatoms. The molecular formula is C13H13NO3. The minimum atomic E-state index is -0.132. The number of nitrogens with zero attached hydrogens (tertiary/aromatic N) is 1. The lowest BCUT2D eigenvalue weighted by Crippen LogP contribution is -2.17. The first-order valence-electron chi connectivity index (χ1n) is 5.21. The van der Waals surface area contributed by atoms with E-state index < -0.39 is 0 Å². The topological polar surface area (TPSA) is 51.5 Å². The molecule has 0 amide bonds. The number of aromatic nitrogens is 1. The number of aliphatic hydroxyl groups is 1. The molecule has 4 nitrogen and oxygen atoms in total. The standard InChI is InChI=1S/C13H13NO3/c1-17-12-5-3-11(4-6-12)14-8-10(9-15)2-7-13(14)16/h2-8,15H,9H2,1H3. The Morgan fingerprint density at radius 2 is 1.88 bits per heavy atom. The van der Waals surface area contributed by atoms with E-state index >= 15 is 0 Å². The van der Waals surface area contributed by atoms with Crippen molar-refractivity contribution in [1.29, 1.82) is 0 Å². The number of ether oxygens (including phenoxy) is 1. The van der Waals surface area contributed by atoms with E-state index in [0.29, 0.717) is 5.56 Å². The maximum absolute atomic E-state index is 11.7. The molecule has 1 aromatic carbocycles. The summed E-state index contributed by atoms with van der Waals surface area (Å²) in [7, 11) is 1.59. The van der Waals surface area contributed by atoms with Crippen molar-refractivity contribution in [3.63, 3.8) is 0 Å². The minimum absolute atomic E-state index is 0.0869. The molecule has 17 heavy (non-hydrogen) atoms. The Morgan fingerprint density at radius 1 is 1.18 bits per heavy atom. The van der Waals surface area contributed by atoms with Gasteiger partial charge < -0.3 is 9.84 Å². The van der Waals surface area contributed by atoms with Crippen LogP contribution in [0.15, 0.2) is 47.4 Å². The highest BCUT2D eigenvalue weighted by atomic mass is 16.5. The second-order valence-electron chi connectivity index (χ2n) is 3.60. The summed E-state index contributed by atoms with van der Waals surface area (Å²) in [5.41, 5.74) is 1.30. The predicted octanol–water partition coefficient (Wildman–Crippen LogP) is 1.34. The first-order chi connectivity index (χ1) is 8.24. The number of rotatable bonds is 3. The molecule has 0 saturated heterocycles. The molecule has 88 valence electrons. The fraction of sp³-hybridized carbons (Fsp3) is 0.154. The highest BCUT2D eigenvalue weighted by Gasteiger charge is 2.01. The Kier molecular flexibility index (Phi) is 3.25. The van der Waals surface area contributed by atoms with Crippen LogP contribution in [-0.4, -0.2) is 16.8 Å². The van der Waals surface area contributed by atoms with Gasteiger partial charge in [-0.1, -0.05) is 0 Å². The van der Waals surface area contributed by atoms with Crippen molar-refractivity contribution in [2.45, 2.75) is 6.61 Å². The average molecular weight is 231 g/mol. The van der Waals surface area contributed by atoms with Gasteiger partial charge in [-0.25, -0.2) is 0 Å². The van der Waals surface area contributed by atoms with Crippen LogP contribution < -0.4 is 10.3 Å². The van der Waals surface area contributed by atoms with E-state index in [1.807, 2.05) is 0 Å². The van der Waals surface area contributed by atoms with Crippen LogP contribution in [-0.2, 0) is 6.61 Å². The lowest BCUT2D eigenvalue weighted by molar-refractivity contribution is 0.281. The lowest BCUT2D eigenvalue weighted by Gasteiger charge is -2.07. The molecule has 1 N–H and O–H groups in total. The van der Waals surface area contributed by atoms with Gasteiger partial charge >= 0.3 is 0 Å². The normalized spacial score (nSPS) is 10.2. The van der Waals surface area contributed by atoms with Crippen LogP contribution in [0.3, 0.4) is 0 Å². The molecule has 0 spiro atoms. The second-order valence-corrected chi connectivity index (χ2v) is 3.60. The van der Waals surface area contributed by atoms with Crippen LogP contribution in [0.5, 0.6) is 5.75 Å². The Hall–Kier alpha value is -2.07. The first kappa shape index (κ1) is 11.4. The van der Waals surface area contributed by atoms with Gasteiger partial charge in [-0.3, -0.25) is 9.36 Å². The van der Waals surface area contributed by atoms with Crippen LogP contribution in [0.4, 0.5) is 0 Å². The summed E-state index contributed by atoms with van der Waals surface area (Å²) in [5, 5.41) is 9.05. The summed E-state index contributed by atoms with van der Waals surface area (Å²) in [6.07, 6.45) is 1.63. The van der Waals surface area contributed by atoms with Gasteiger partial charge in [0.05, 0.1) is 13.7 Å². The number of methoxy groups -OCH3 is 1. The van der Waals surface area contributed by atoms with Gasteiger partial charge in [-0.05, 0) is 35.9 Å². The Labute approximate surface area is 98.7 Å². The fourth-order valence-corrected chi connectivity index (χ4v) is 1.57. The van der Waals surface area contributed by atoms with Gasteiger partial charge in [0, 0.05) is 18.0 Å². The third-order valence-corrected chi connectivity index (χ3v) is 2.51. The minimum Gasteiger partial charge on any atom is -0.497 e. The molecule has 0 fully saturated rings. The summed E-state index contributed by atoms with van der Waals surface area (Å²) in [4.78, 5) is 11.7. The molecular weight excluding hydrogens is 218 g/mol. The highest BCUT2D eigenvalue weighted by Crippen LogP contribution is 2.13. The van der Waals surface area contributed by atoms with Crippen LogP contribution in [0, 0.1) is 0 Å². The van der Waals surface area contributed by atoms with Crippen molar-refractivity contribution < 1.29 is 9.84 Å². The van der Waals surface area contributed by atoms with Gasteiger partial charge in [0.25, 0.3) is 5.56 Å². The van der Waals surface area contributed by atoms with Crippen LogP contribution in [0.25, 0.3) is 5.69 Å². The smallest absolute Gasteiger partial charge is 0.255 e. The Morgan fingerprint density at radius 3 is 2.47 bits per heavy atom. The third-order valence-electron chi connectivity index (χ3n) is 2.51. The van der Waals surface area contributed by atoms with Crippen molar-refractivity contribution in [2.24, 2.45) is 0 Å². The molecule has 0 atom stereocenters. The molecule has 1 aromatic heterocycles. The quantitative estimate of drug-likeness (QED) is 0.867. The largest absolute Gasteiger partial charge is 0.497 e. The van der Waals surface area contributed by atoms with Gasteiger partial charge in [-0.15, -0.1) is 0 Å². The van der Waals surface area contributed by atoms with Gasteiger partial charge in [0.2, 0.25) is 0 Å². The summed E-state index contributed by atoms with van der Waals surface area (Å²) in [6.45, 7) is -0.0869. The van der Waals surface area contributed by atoms with Crippen molar-refractivity contribution in [2.75, 3.05) is 7.11 Å². The second kappa shape index (κ2) is 4.84. The fourth-order valence-electron chi connectivity index (χ4n) is 1.57. The molecule has 0 aliphatic carbocycles. The molecule has 0 radical (unpaired) electrons. The predicted molar refractivity (Wildman–Crippen MR) is 64.5 cm³/mol. The molecule has 0 saturated carbocycles. The highest BCUT2D eigenvalue weighted by molar-refractivity contribution is 5.38. The molecule has 2 rings (SSSR count). The van der Waals surface area contributed by atoms with Crippen LogP contribution >= 0.6 is 0 Å². The third kappa shape index (κ3) is 2.37. The maximum Gasteiger partial charge on any atom is 0.255 e. The van der Waals surface area contributed by atoms with Crippen molar-refractivity contribution >= 4 is 0 Å². The summed E-state index contributed by atoms with van der Waals surface area (Å²) in [5.74, 6) is 0.736. The van der Waals surface area contributed by atoms with E-state index in [2.05, 4.69) is 0 Å². The van der Waals surface area contributed by atoms with Gasteiger partial charge in [0.15, 0.2) is 0 Å². The van der Waals surface area contributed by atoms with Crippen molar-refractivity contribution in [3.05, 3.63) is 58.5 Å². The summed E-state index contributed by atoms with van der Waals surface area (Å²) in [6, 6.07) is 10.2. The van der Waals surface area contributed by atoms with Crippen molar-refractivity contribution in [3.8, 4) is 11.4 Å². The lowest BCUT2D eigenvalue weighted by atomic mass is 10.2. The van der Waals surface area contributed by atoms with Gasteiger partial charge in [0.1, 0.15) is 5.75 Å². The summed E-state index contributed by atoms with van der Waals surface area (Å²) >= 11 is 0. The Bertz CT molecular complexity index is 558. The Balaban J connectivity index is 2.47. The van der Waals surface area contributed by atoms with E-state index in [1.165, 1.54) is 10.6 Å². The van der Waals surface area contributed by atoms with Gasteiger partial charge in [-0.2, -0.15) is 0 Å². The van der Waals surface area contributed by atoms with E-state index in [1.54, 1.807) is 43.6 Å². The molecule has 1 heterocycles. The van der Waals surface area contributed by atoms with Crippen LogP contribution in [0.1, 0.15) is 5.56 Å². The monoisotopic (exact) mass is 231 g/mol. The maximum atomic E-state index is 11.7. The molecule has 0 bridgehead atoms. The molecule has 0 unspecified atom stereocenters. The number of benzene rings is 1. The van der Waals surface area contributed by atoms with E-state index in [0.717, 1.165) is 11.4 Å². The zero-order valence-electron chi connectivity index (χ0n) is 9.46. The molecule has 0 aliphatic heterocycles. The van der Waals surface area contributed by atoms with E-state index in [4.69, 9.17) is 9.84 Å². The number of hydrogen-bond acceptors (Lipinski definition) is 3. The first-order valence-corrected chi connectivity index (χ1v) is 5.21. The average Bonchev–Trinajstić information content (AvgIpc) is 2.39. The zero-order valence-corrected chi connectivity index (χ0v) is 9.46. The number of aliphatic hydroxyl groups excluding tert-OH is 1. The van der Waals surface area contributed by atoms with E-state index in [9.17, 15) is 4.79 Å². The van der Waals surface area contributed by atoms with E-state index in [-0.39, 0.29) is 12.2 Å². The molecule has 2 aromatic rings. The SMILES string of the molecule is COc1ccc(-n2cc(CO)ccc2=O)cc1.